The molecule has 2 heteroatoms. The van der Waals surface area contributed by atoms with Crippen molar-refractivity contribution in [1.82, 2.24) is 0 Å². The quantitative estimate of drug-likeness (QED) is 0.569. The summed E-state index contributed by atoms with van der Waals surface area (Å²) < 4.78 is 5.30. The maximum atomic E-state index is 9.40. The number of ether oxygens (including phenoxy) is 1. The highest BCUT2D eigenvalue weighted by Crippen LogP contribution is 2.05. The average molecular weight is 154 g/mol. The molecule has 0 aromatic rings. The molecule has 0 fully saturated rings. The predicted molar refractivity (Wildman–Crippen MR) is 44.3 cm³/mol. The van der Waals surface area contributed by atoms with E-state index < -0.39 is 0 Å². The van der Waals surface area contributed by atoms with Gasteiger partial charge in [-0.3, -0.25) is 0 Å². The first kappa shape index (κ1) is 8.50. The van der Waals surface area contributed by atoms with Crippen LogP contribution in [0.25, 0.3) is 0 Å². The Labute approximate surface area is 67.2 Å². The molecule has 0 saturated heterocycles. The lowest BCUT2D eigenvalue weighted by Gasteiger charge is -2.16. The fourth-order valence-corrected chi connectivity index (χ4v) is 0.941. The van der Waals surface area contributed by atoms with Gasteiger partial charge in [-0.1, -0.05) is 24.3 Å². The Bertz CT molecular complexity index is 161. The normalized spacial score (nSPS) is 38.4. The van der Waals surface area contributed by atoms with E-state index >= 15 is 0 Å². The van der Waals surface area contributed by atoms with Gasteiger partial charge in [0.15, 0.2) is 0 Å². The third-order valence-electron chi connectivity index (χ3n) is 1.76. The molecule has 62 valence electrons. The molecular formula is C9H14O2. The first-order chi connectivity index (χ1) is 5.30. The molecule has 1 heterocycles. The molecule has 0 radical (unpaired) electrons. The Morgan fingerprint density at radius 1 is 1.36 bits per heavy atom. The van der Waals surface area contributed by atoms with Crippen LogP contribution in [0.3, 0.4) is 0 Å². The van der Waals surface area contributed by atoms with Gasteiger partial charge in [0.25, 0.3) is 0 Å². The third-order valence-corrected chi connectivity index (χ3v) is 1.76. The van der Waals surface area contributed by atoms with Gasteiger partial charge < -0.3 is 9.84 Å². The highest BCUT2D eigenvalue weighted by molar-refractivity contribution is 5.04. The van der Waals surface area contributed by atoms with E-state index in [-0.39, 0.29) is 12.2 Å². The van der Waals surface area contributed by atoms with Crippen molar-refractivity contribution >= 4 is 0 Å². The van der Waals surface area contributed by atoms with Crippen molar-refractivity contribution < 1.29 is 9.84 Å². The van der Waals surface area contributed by atoms with Crippen molar-refractivity contribution in [3.8, 4) is 0 Å². The molecule has 1 aliphatic heterocycles. The van der Waals surface area contributed by atoms with Crippen LogP contribution in [0.4, 0.5) is 0 Å². The number of allylic oxidation sites excluding steroid dienone is 2. The Hall–Kier alpha value is -0.600. The van der Waals surface area contributed by atoms with Gasteiger partial charge in [0.1, 0.15) is 0 Å². The lowest BCUT2D eigenvalue weighted by Crippen LogP contribution is -2.25. The molecule has 0 aliphatic carbocycles. The summed E-state index contributed by atoms with van der Waals surface area (Å²) in [6, 6.07) is 0. The number of aliphatic hydroxyl groups is 1. The Morgan fingerprint density at radius 2 is 2.09 bits per heavy atom. The monoisotopic (exact) mass is 154 g/mol. The second-order valence-corrected chi connectivity index (χ2v) is 2.70. The van der Waals surface area contributed by atoms with Crippen LogP contribution in [0, 0.1) is 0 Å². The van der Waals surface area contributed by atoms with Gasteiger partial charge in [0.05, 0.1) is 18.8 Å². The van der Waals surface area contributed by atoms with Crippen molar-refractivity contribution in [3.05, 3.63) is 24.3 Å². The van der Waals surface area contributed by atoms with E-state index in [2.05, 4.69) is 0 Å². The summed E-state index contributed by atoms with van der Waals surface area (Å²) in [5.41, 5.74) is 0. The third kappa shape index (κ3) is 2.87. The molecule has 0 aromatic carbocycles. The number of hydrogen-bond donors (Lipinski definition) is 1. The smallest absolute Gasteiger partial charge is 0.0833 e. The molecular weight excluding hydrogens is 140 g/mol. The van der Waals surface area contributed by atoms with Crippen LogP contribution >= 0.6 is 0 Å². The summed E-state index contributed by atoms with van der Waals surface area (Å²) in [5.74, 6) is 0. The second kappa shape index (κ2) is 4.31. The molecule has 1 N–H and O–H groups in total. The SMILES string of the molecule is C[C@@H]1OC/C=C\C=C/C[C@@H]1O. The van der Waals surface area contributed by atoms with Crippen molar-refractivity contribution in [1.29, 1.82) is 0 Å². The van der Waals surface area contributed by atoms with Gasteiger partial charge in [-0.05, 0) is 13.3 Å². The molecule has 0 bridgehead atoms. The molecule has 0 spiro atoms. The minimum Gasteiger partial charge on any atom is -0.390 e. The van der Waals surface area contributed by atoms with Crippen LogP contribution in [-0.4, -0.2) is 23.9 Å². The van der Waals surface area contributed by atoms with Crippen molar-refractivity contribution in [2.75, 3.05) is 6.61 Å². The Morgan fingerprint density at radius 3 is 2.91 bits per heavy atom. The minimum absolute atomic E-state index is 0.0672. The summed E-state index contributed by atoms with van der Waals surface area (Å²) in [6.45, 7) is 2.47. The predicted octanol–water partition coefficient (Wildman–Crippen LogP) is 1.27. The van der Waals surface area contributed by atoms with E-state index in [1.54, 1.807) is 0 Å². The first-order valence-corrected chi connectivity index (χ1v) is 3.92. The topological polar surface area (TPSA) is 29.5 Å². The van der Waals surface area contributed by atoms with Crippen LogP contribution < -0.4 is 0 Å². The fraction of sp³-hybridized carbons (Fsp3) is 0.556. The zero-order valence-corrected chi connectivity index (χ0v) is 6.73. The van der Waals surface area contributed by atoms with E-state index in [0.717, 1.165) is 0 Å². The van der Waals surface area contributed by atoms with E-state index in [1.807, 2.05) is 31.2 Å². The number of rotatable bonds is 0. The summed E-state index contributed by atoms with van der Waals surface area (Å²) in [5, 5.41) is 9.40. The lowest BCUT2D eigenvalue weighted by atomic mass is 10.1. The molecule has 0 aromatic heterocycles. The van der Waals surface area contributed by atoms with E-state index in [9.17, 15) is 5.11 Å². The maximum absolute atomic E-state index is 9.40. The molecule has 11 heavy (non-hydrogen) atoms. The fourth-order valence-electron chi connectivity index (χ4n) is 0.941. The van der Waals surface area contributed by atoms with Crippen LogP contribution in [-0.2, 0) is 4.74 Å². The number of aliphatic hydroxyl groups excluding tert-OH is 1. The van der Waals surface area contributed by atoms with Crippen molar-refractivity contribution in [2.24, 2.45) is 0 Å². The molecule has 2 nitrogen and oxygen atoms in total. The van der Waals surface area contributed by atoms with Gasteiger partial charge in [0, 0.05) is 0 Å². The lowest BCUT2D eigenvalue weighted by molar-refractivity contribution is -0.0131. The largest absolute Gasteiger partial charge is 0.390 e. The molecule has 0 saturated carbocycles. The van der Waals surface area contributed by atoms with Gasteiger partial charge in [-0.15, -0.1) is 0 Å². The van der Waals surface area contributed by atoms with E-state index in [4.69, 9.17) is 4.74 Å². The molecule has 1 rings (SSSR count). The standard InChI is InChI=1S/C9H14O2/c1-8-9(10)6-4-2-3-5-7-11-8/h2-5,8-10H,6-7H2,1H3/b4-2-,5-3-/t8-,9-/m0/s1. The zero-order valence-electron chi connectivity index (χ0n) is 6.73. The van der Waals surface area contributed by atoms with E-state index in [0.29, 0.717) is 13.0 Å². The molecule has 1 aliphatic rings. The van der Waals surface area contributed by atoms with Gasteiger partial charge >= 0.3 is 0 Å². The van der Waals surface area contributed by atoms with Gasteiger partial charge in [-0.25, -0.2) is 0 Å². The summed E-state index contributed by atoms with van der Waals surface area (Å²) in [6.07, 6.45) is 7.99. The summed E-state index contributed by atoms with van der Waals surface area (Å²) in [7, 11) is 0. The van der Waals surface area contributed by atoms with Crippen molar-refractivity contribution in [3.63, 3.8) is 0 Å². The average Bonchev–Trinajstić information content (AvgIpc) is 2.07. The Balaban J connectivity index is 2.49. The van der Waals surface area contributed by atoms with Crippen LogP contribution in [0.5, 0.6) is 0 Å². The van der Waals surface area contributed by atoms with Crippen LogP contribution in [0.15, 0.2) is 24.3 Å². The highest BCUT2D eigenvalue weighted by Gasteiger charge is 2.12. The maximum Gasteiger partial charge on any atom is 0.0833 e. The molecule has 0 unspecified atom stereocenters. The molecule has 0 amide bonds. The van der Waals surface area contributed by atoms with E-state index in [1.165, 1.54) is 0 Å². The van der Waals surface area contributed by atoms with Crippen LogP contribution in [0.1, 0.15) is 13.3 Å². The van der Waals surface area contributed by atoms with Gasteiger partial charge in [0.2, 0.25) is 0 Å². The highest BCUT2D eigenvalue weighted by atomic mass is 16.5. The number of hydrogen-bond acceptors (Lipinski definition) is 2. The molecule has 2 atom stereocenters. The minimum atomic E-state index is -0.369. The first-order valence-electron chi connectivity index (χ1n) is 3.92. The zero-order chi connectivity index (χ0) is 8.10. The van der Waals surface area contributed by atoms with Gasteiger partial charge in [-0.2, -0.15) is 0 Å². The summed E-state index contributed by atoms with van der Waals surface area (Å²) >= 11 is 0. The summed E-state index contributed by atoms with van der Waals surface area (Å²) in [4.78, 5) is 0. The Kier molecular flexibility index (Phi) is 3.33. The van der Waals surface area contributed by atoms with Crippen molar-refractivity contribution in [2.45, 2.75) is 25.6 Å². The second-order valence-electron chi connectivity index (χ2n) is 2.70. The van der Waals surface area contributed by atoms with Crippen LogP contribution in [0.2, 0.25) is 0 Å².